The molecule has 0 amide bonds. The number of benzene rings is 2. The van der Waals surface area contributed by atoms with Crippen molar-refractivity contribution in [3.05, 3.63) is 72.5 Å². The molecule has 5 N–H and O–H groups in total. The SMILES string of the molecule is C=C[C@H]1[C@H](O[C@@H]2O[C@H](CO)[C@@H](O)[C@H](O)[C@@H]2OC(=O)c2c(O)cccc2-c2cccc(O)c2)OC=C2C(=O)OCC[C@@H]21. The van der Waals surface area contributed by atoms with Crippen LogP contribution in [0.15, 0.2) is 67.0 Å². The number of phenolic OH excluding ortho intramolecular Hbond substituents is 2. The second-order valence-electron chi connectivity index (χ2n) is 9.88. The van der Waals surface area contributed by atoms with Crippen molar-refractivity contribution in [2.24, 2.45) is 11.8 Å². The van der Waals surface area contributed by atoms with E-state index in [2.05, 4.69) is 6.58 Å². The average molecular weight is 571 g/mol. The number of ether oxygens (including phenoxy) is 5. The molecule has 3 aliphatic rings. The summed E-state index contributed by atoms with van der Waals surface area (Å²) in [5.74, 6) is -3.00. The monoisotopic (exact) mass is 570 g/mol. The van der Waals surface area contributed by atoms with Crippen molar-refractivity contribution >= 4 is 11.9 Å². The highest BCUT2D eigenvalue weighted by molar-refractivity contribution is 6.00. The summed E-state index contributed by atoms with van der Waals surface area (Å²) in [6.07, 6.45) is -5.78. The number of rotatable bonds is 7. The largest absolute Gasteiger partial charge is 0.508 e. The molecule has 2 saturated heterocycles. The Bertz CT molecular complexity index is 1340. The van der Waals surface area contributed by atoms with E-state index in [1.54, 1.807) is 18.2 Å². The summed E-state index contributed by atoms with van der Waals surface area (Å²) >= 11 is 0. The molecule has 2 fully saturated rings. The van der Waals surface area contributed by atoms with Crippen LogP contribution in [-0.4, -0.2) is 87.7 Å². The van der Waals surface area contributed by atoms with Gasteiger partial charge in [0.05, 0.1) is 25.0 Å². The lowest BCUT2D eigenvalue weighted by Crippen LogP contribution is -2.61. The highest BCUT2D eigenvalue weighted by atomic mass is 16.8. The number of esters is 2. The first-order valence-corrected chi connectivity index (χ1v) is 13.0. The van der Waals surface area contributed by atoms with Crippen LogP contribution in [0.5, 0.6) is 11.5 Å². The Kier molecular flexibility index (Phi) is 8.29. The molecular weight excluding hydrogens is 540 g/mol. The van der Waals surface area contributed by atoms with E-state index in [-0.39, 0.29) is 29.4 Å². The van der Waals surface area contributed by atoms with Crippen molar-refractivity contribution in [1.82, 2.24) is 0 Å². The Labute approximate surface area is 234 Å². The van der Waals surface area contributed by atoms with Gasteiger partial charge < -0.3 is 49.2 Å². The first kappa shape index (κ1) is 28.6. The number of carbonyl (C=O) groups is 2. The van der Waals surface area contributed by atoms with Gasteiger partial charge >= 0.3 is 11.9 Å². The fraction of sp³-hybridized carbons (Fsp3) is 0.379. The van der Waals surface area contributed by atoms with Crippen LogP contribution in [-0.2, 0) is 28.5 Å². The number of hydrogen-bond donors (Lipinski definition) is 5. The molecule has 0 aromatic heterocycles. The minimum Gasteiger partial charge on any atom is -0.508 e. The maximum atomic E-state index is 13.5. The molecule has 0 unspecified atom stereocenters. The number of hydrogen-bond acceptors (Lipinski definition) is 12. The van der Waals surface area contributed by atoms with Crippen molar-refractivity contribution in [3.63, 3.8) is 0 Å². The maximum Gasteiger partial charge on any atom is 0.343 e. The van der Waals surface area contributed by atoms with Crippen LogP contribution in [0.25, 0.3) is 11.1 Å². The lowest BCUT2D eigenvalue weighted by Gasteiger charge is -2.44. The Balaban J connectivity index is 1.44. The molecule has 2 aromatic carbocycles. The van der Waals surface area contributed by atoms with Crippen molar-refractivity contribution in [3.8, 4) is 22.6 Å². The molecule has 41 heavy (non-hydrogen) atoms. The second-order valence-corrected chi connectivity index (χ2v) is 9.88. The van der Waals surface area contributed by atoms with E-state index in [4.69, 9.17) is 23.7 Å². The number of aromatic hydroxyl groups is 2. The van der Waals surface area contributed by atoms with Crippen LogP contribution in [0.2, 0.25) is 0 Å². The molecule has 3 heterocycles. The minimum absolute atomic E-state index is 0.0689. The van der Waals surface area contributed by atoms with Crippen LogP contribution in [0.3, 0.4) is 0 Å². The van der Waals surface area contributed by atoms with E-state index in [1.807, 2.05) is 0 Å². The van der Waals surface area contributed by atoms with Crippen molar-refractivity contribution < 1.29 is 58.8 Å². The fourth-order valence-electron chi connectivity index (χ4n) is 5.30. The van der Waals surface area contributed by atoms with Gasteiger partial charge in [0.2, 0.25) is 12.6 Å². The minimum atomic E-state index is -1.77. The van der Waals surface area contributed by atoms with E-state index >= 15 is 0 Å². The van der Waals surface area contributed by atoms with Crippen molar-refractivity contribution in [2.45, 2.75) is 43.4 Å². The zero-order valence-electron chi connectivity index (χ0n) is 21.7. The van der Waals surface area contributed by atoms with E-state index < -0.39 is 67.2 Å². The zero-order chi connectivity index (χ0) is 29.3. The van der Waals surface area contributed by atoms with E-state index in [1.165, 1.54) is 36.6 Å². The van der Waals surface area contributed by atoms with Gasteiger partial charge in [-0.3, -0.25) is 0 Å². The summed E-state index contributed by atoms with van der Waals surface area (Å²) in [5.41, 5.74) is 0.678. The molecule has 0 saturated carbocycles. The molecule has 0 spiro atoms. The Hall–Kier alpha value is -3.94. The average Bonchev–Trinajstić information content (AvgIpc) is 2.96. The fourth-order valence-corrected chi connectivity index (χ4v) is 5.30. The summed E-state index contributed by atoms with van der Waals surface area (Å²) in [7, 11) is 0. The normalized spacial score (nSPS) is 31.2. The number of phenols is 2. The lowest BCUT2D eigenvalue weighted by atomic mass is 9.81. The van der Waals surface area contributed by atoms with Gasteiger partial charge in [-0.05, 0) is 30.2 Å². The standard InChI is InChI=1S/C29H30O12/c1-2-16-18-9-10-37-26(35)19(18)13-38-28(16)41-29-25(24(34)23(33)21(12-30)39-29)40-27(36)22-17(7-4-8-20(22)32)14-5-3-6-15(31)11-14/h2-8,11,13,16,18,21,23-25,28-34H,1,9-10,12H2/t16-,18-,21-,23-,24+,25+,28+,29+/m1/s1. The third-order valence-electron chi connectivity index (χ3n) is 7.42. The predicted octanol–water partition coefficient (Wildman–Crippen LogP) is 1.35. The van der Waals surface area contributed by atoms with Gasteiger partial charge in [0.15, 0.2) is 6.10 Å². The lowest BCUT2D eigenvalue weighted by molar-refractivity contribution is -0.338. The number of fused-ring (bicyclic) bond motifs is 1. The predicted molar refractivity (Wildman–Crippen MR) is 139 cm³/mol. The second kappa shape index (κ2) is 11.9. The quantitative estimate of drug-likeness (QED) is 0.238. The van der Waals surface area contributed by atoms with E-state index in [0.717, 1.165) is 0 Å². The van der Waals surface area contributed by atoms with Gasteiger partial charge in [0.25, 0.3) is 0 Å². The first-order valence-electron chi connectivity index (χ1n) is 13.0. The topological polar surface area (TPSA) is 181 Å². The molecule has 0 radical (unpaired) electrons. The molecule has 2 aromatic rings. The van der Waals surface area contributed by atoms with Gasteiger partial charge in [-0.25, -0.2) is 9.59 Å². The summed E-state index contributed by atoms with van der Waals surface area (Å²) in [4.78, 5) is 25.7. The van der Waals surface area contributed by atoms with Crippen LogP contribution in [0.4, 0.5) is 0 Å². The summed E-state index contributed by atoms with van der Waals surface area (Å²) in [5, 5.41) is 51.7. The highest BCUT2D eigenvalue weighted by Crippen LogP contribution is 2.39. The molecule has 5 rings (SSSR count). The zero-order valence-corrected chi connectivity index (χ0v) is 21.7. The molecule has 3 aliphatic heterocycles. The summed E-state index contributed by atoms with van der Waals surface area (Å²) < 4.78 is 28.0. The van der Waals surface area contributed by atoms with Gasteiger partial charge in [-0.15, -0.1) is 6.58 Å². The molecule has 218 valence electrons. The summed E-state index contributed by atoms with van der Waals surface area (Å²) in [6.45, 7) is 3.33. The van der Waals surface area contributed by atoms with Crippen LogP contribution in [0.1, 0.15) is 16.8 Å². The van der Waals surface area contributed by atoms with Crippen molar-refractivity contribution in [2.75, 3.05) is 13.2 Å². The molecule has 12 nitrogen and oxygen atoms in total. The Morgan fingerprint density at radius 3 is 2.61 bits per heavy atom. The Morgan fingerprint density at radius 2 is 1.88 bits per heavy atom. The van der Waals surface area contributed by atoms with Gasteiger partial charge in [0, 0.05) is 17.4 Å². The van der Waals surface area contributed by atoms with Crippen LogP contribution < -0.4 is 0 Å². The van der Waals surface area contributed by atoms with Crippen LogP contribution in [0, 0.1) is 11.8 Å². The molecule has 0 bridgehead atoms. The first-order chi connectivity index (χ1) is 19.7. The van der Waals surface area contributed by atoms with Gasteiger partial charge in [-0.1, -0.05) is 30.3 Å². The highest BCUT2D eigenvalue weighted by Gasteiger charge is 2.50. The third kappa shape index (κ3) is 5.52. The smallest absolute Gasteiger partial charge is 0.343 e. The maximum absolute atomic E-state index is 13.5. The molecule has 8 atom stereocenters. The third-order valence-corrected chi connectivity index (χ3v) is 7.42. The number of cyclic esters (lactones) is 1. The van der Waals surface area contributed by atoms with E-state index in [0.29, 0.717) is 17.6 Å². The number of aliphatic hydroxyl groups is 3. The molecule has 0 aliphatic carbocycles. The number of aliphatic hydroxyl groups excluding tert-OH is 3. The number of carbonyl (C=O) groups excluding carboxylic acids is 2. The Morgan fingerprint density at radius 1 is 1.10 bits per heavy atom. The van der Waals surface area contributed by atoms with Crippen molar-refractivity contribution in [1.29, 1.82) is 0 Å². The summed E-state index contributed by atoms with van der Waals surface area (Å²) in [6, 6.07) is 10.3. The van der Waals surface area contributed by atoms with E-state index in [9.17, 15) is 35.1 Å². The molecule has 12 heteroatoms. The molecular formula is C29H30O12. The van der Waals surface area contributed by atoms with Crippen LogP contribution >= 0.6 is 0 Å². The van der Waals surface area contributed by atoms with Gasteiger partial charge in [0.1, 0.15) is 35.4 Å². The van der Waals surface area contributed by atoms with Gasteiger partial charge in [-0.2, -0.15) is 0 Å².